The van der Waals surface area contributed by atoms with Crippen molar-refractivity contribution in [2.75, 3.05) is 6.61 Å². The first kappa shape index (κ1) is 19.8. The van der Waals surface area contributed by atoms with Crippen molar-refractivity contribution in [1.29, 1.82) is 0 Å². The minimum absolute atomic E-state index is 0.0264. The Labute approximate surface area is 169 Å². The molecule has 1 aromatic heterocycles. The molecule has 7 heteroatoms. The Balaban J connectivity index is 1.84. The molecule has 0 aliphatic rings. The van der Waals surface area contributed by atoms with Gasteiger partial charge in [-0.15, -0.1) is 10.2 Å². The van der Waals surface area contributed by atoms with E-state index in [1.807, 2.05) is 48.5 Å². The number of hydrogen-bond acceptors (Lipinski definition) is 4. The second-order valence-corrected chi connectivity index (χ2v) is 7.41. The molecule has 0 aliphatic carbocycles. The van der Waals surface area contributed by atoms with Crippen molar-refractivity contribution in [3.8, 4) is 11.6 Å². The van der Waals surface area contributed by atoms with E-state index in [9.17, 15) is 5.11 Å². The molecule has 0 saturated heterocycles. The van der Waals surface area contributed by atoms with E-state index in [4.69, 9.17) is 22.7 Å². The van der Waals surface area contributed by atoms with E-state index in [0.29, 0.717) is 24.8 Å². The molecule has 0 aliphatic heterocycles. The molecule has 2 aromatic carbocycles. The highest BCUT2D eigenvalue weighted by atomic mass is 32.1. The van der Waals surface area contributed by atoms with Crippen LogP contribution in [-0.4, -0.2) is 21.4 Å². The van der Waals surface area contributed by atoms with Crippen LogP contribution >= 0.6 is 12.2 Å². The summed E-state index contributed by atoms with van der Waals surface area (Å²) in [4.78, 5) is 0. The topological polar surface area (TPSA) is 85.1 Å². The second-order valence-electron chi connectivity index (χ2n) is 6.99. The maximum atomic E-state index is 10.7. The van der Waals surface area contributed by atoms with Gasteiger partial charge in [0.2, 0.25) is 11.0 Å². The van der Waals surface area contributed by atoms with Crippen LogP contribution in [0, 0.1) is 5.92 Å². The third kappa shape index (κ3) is 4.67. The van der Waals surface area contributed by atoms with Gasteiger partial charge in [-0.05, 0) is 48.3 Å². The summed E-state index contributed by atoms with van der Waals surface area (Å²) in [5, 5.41) is 19.2. The molecule has 0 unspecified atom stereocenters. The predicted octanol–water partition coefficient (Wildman–Crippen LogP) is 5.15. The number of nitrogens with two attached hydrogens (primary N) is 1. The van der Waals surface area contributed by atoms with Crippen LogP contribution in [0.4, 0.5) is 5.69 Å². The number of aromatic nitrogens is 1. The smallest absolute Gasteiger partial charge is 0.221 e. The number of thiocarbonyl (C=S) groups is 1. The van der Waals surface area contributed by atoms with Crippen molar-refractivity contribution in [3.05, 3.63) is 54.1 Å². The minimum atomic E-state index is -0.0794. The number of nitrogens with zero attached hydrogens (tertiary/aromatic N) is 3. The summed E-state index contributed by atoms with van der Waals surface area (Å²) in [6.45, 7) is 5.54. The highest BCUT2D eigenvalue weighted by molar-refractivity contribution is 7.80. The first-order chi connectivity index (χ1) is 13.5. The summed E-state index contributed by atoms with van der Waals surface area (Å²) >= 11 is 4.75. The Kier molecular flexibility index (Phi) is 6.26. The fourth-order valence-electron chi connectivity index (χ4n) is 2.92. The number of fused-ring (bicyclic) bond motifs is 1. The van der Waals surface area contributed by atoms with Gasteiger partial charge in [-0.2, -0.15) is 0 Å². The summed E-state index contributed by atoms with van der Waals surface area (Å²) in [7, 11) is 0. The van der Waals surface area contributed by atoms with Crippen molar-refractivity contribution in [2.24, 2.45) is 21.9 Å². The number of rotatable bonds is 7. The second kappa shape index (κ2) is 8.84. The number of aromatic hydroxyl groups is 1. The fourth-order valence-corrected chi connectivity index (χ4v) is 2.96. The van der Waals surface area contributed by atoms with E-state index in [1.165, 1.54) is 0 Å². The van der Waals surface area contributed by atoms with Gasteiger partial charge >= 0.3 is 0 Å². The quantitative estimate of drug-likeness (QED) is 0.427. The Hall–Kier alpha value is -2.93. The van der Waals surface area contributed by atoms with Crippen molar-refractivity contribution >= 4 is 33.9 Å². The van der Waals surface area contributed by atoms with Crippen LogP contribution in [-0.2, 0) is 6.54 Å². The summed E-state index contributed by atoms with van der Waals surface area (Å²) < 4.78 is 7.56. The lowest BCUT2D eigenvalue weighted by Gasteiger charge is -2.10. The molecule has 3 rings (SSSR count). The van der Waals surface area contributed by atoms with Crippen LogP contribution in [0.15, 0.2) is 58.8 Å². The van der Waals surface area contributed by atoms with Crippen LogP contribution in [0.5, 0.6) is 11.6 Å². The molecule has 0 atom stereocenters. The van der Waals surface area contributed by atoms with E-state index in [-0.39, 0.29) is 11.0 Å². The molecule has 6 nitrogen and oxygen atoms in total. The Morgan fingerprint density at radius 1 is 1.18 bits per heavy atom. The number of hydrogen-bond donors (Lipinski definition) is 2. The molecule has 0 bridgehead atoms. The third-order valence-electron chi connectivity index (χ3n) is 4.39. The highest BCUT2D eigenvalue weighted by Gasteiger charge is 2.16. The molecule has 0 radical (unpaired) electrons. The molecule has 0 amide bonds. The summed E-state index contributed by atoms with van der Waals surface area (Å²) in [6, 6.07) is 15.5. The van der Waals surface area contributed by atoms with E-state index in [2.05, 4.69) is 24.1 Å². The molecule has 0 fully saturated rings. The Bertz CT molecular complexity index is 994. The van der Waals surface area contributed by atoms with Crippen LogP contribution in [0.3, 0.4) is 0 Å². The zero-order valence-electron chi connectivity index (χ0n) is 16.0. The lowest BCUT2D eigenvalue weighted by molar-refractivity contribution is 0.289. The van der Waals surface area contributed by atoms with Crippen molar-refractivity contribution in [2.45, 2.75) is 26.8 Å². The monoisotopic (exact) mass is 396 g/mol. The van der Waals surface area contributed by atoms with E-state index in [1.54, 1.807) is 4.57 Å². The molecule has 3 N–H and O–H groups in total. The first-order valence-electron chi connectivity index (χ1n) is 9.19. The summed E-state index contributed by atoms with van der Waals surface area (Å²) in [5.41, 5.74) is 7.65. The number of azo groups is 1. The third-order valence-corrected chi connectivity index (χ3v) is 4.48. The van der Waals surface area contributed by atoms with Crippen LogP contribution < -0.4 is 10.5 Å². The number of ether oxygens (including phenoxy) is 1. The van der Waals surface area contributed by atoms with Crippen molar-refractivity contribution < 1.29 is 9.84 Å². The zero-order valence-corrected chi connectivity index (χ0v) is 16.8. The number of benzene rings is 2. The maximum Gasteiger partial charge on any atom is 0.221 e. The van der Waals surface area contributed by atoms with Crippen molar-refractivity contribution in [1.82, 2.24) is 4.57 Å². The van der Waals surface area contributed by atoms with Crippen molar-refractivity contribution in [3.63, 3.8) is 0 Å². The van der Waals surface area contributed by atoms with Gasteiger partial charge in [-0.25, -0.2) is 0 Å². The molecule has 1 heterocycles. The lowest BCUT2D eigenvalue weighted by Crippen LogP contribution is -2.02. The summed E-state index contributed by atoms with van der Waals surface area (Å²) in [6.07, 6.45) is 1.02. The van der Waals surface area contributed by atoms with Gasteiger partial charge in [0.15, 0.2) is 5.69 Å². The molecular formula is C21H24N4O2S. The average Bonchev–Trinajstić information content (AvgIpc) is 2.93. The van der Waals surface area contributed by atoms with Crippen LogP contribution in [0.1, 0.15) is 25.8 Å². The molecule has 28 heavy (non-hydrogen) atoms. The van der Waals surface area contributed by atoms with E-state index in [0.717, 1.165) is 28.6 Å². The summed E-state index contributed by atoms with van der Waals surface area (Å²) in [5.74, 6) is 1.49. The van der Waals surface area contributed by atoms with Gasteiger partial charge in [0.1, 0.15) is 5.75 Å². The largest absolute Gasteiger partial charge is 0.494 e. The van der Waals surface area contributed by atoms with Crippen LogP contribution in [0.25, 0.3) is 10.9 Å². The molecular weight excluding hydrogens is 372 g/mol. The van der Waals surface area contributed by atoms with E-state index >= 15 is 0 Å². The van der Waals surface area contributed by atoms with Gasteiger partial charge in [0.05, 0.1) is 18.7 Å². The Morgan fingerprint density at radius 3 is 2.57 bits per heavy atom. The molecule has 0 saturated carbocycles. The van der Waals surface area contributed by atoms with Crippen LogP contribution in [0.2, 0.25) is 0 Å². The maximum absolute atomic E-state index is 10.7. The Morgan fingerprint density at radius 2 is 1.89 bits per heavy atom. The fraction of sp³-hybridized carbons (Fsp3) is 0.286. The standard InChI is InChI=1S/C21H24N4O2S/c1-14(2)11-12-27-16-9-7-15(8-10-16)13-25-18-6-4-3-5-17(18)19(20(25)26)23-24-21(22)28/h3-10,14,26H,11-13H2,1-2H3,(H2,22,28). The minimum Gasteiger partial charge on any atom is -0.494 e. The lowest BCUT2D eigenvalue weighted by atomic mass is 10.1. The highest BCUT2D eigenvalue weighted by Crippen LogP contribution is 2.39. The normalized spacial score (nSPS) is 11.5. The average molecular weight is 397 g/mol. The molecule has 3 aromatic rings. The van der Waals surface area contributed by atoms with Gasteiger partial charge in [-0.1, -0.05) is 44.2 Å². The predicted molar refractivity (Wildman–Crippen MR) is 115 cm³/mol. The molecule has 146 valence electrons. The number of para-hydroxylation sites is 1. The van der Waals surface area contributed by atoms with Gasteiger partial charge in [0.25, 0.3) is 0 Å². The first-order valence-corrected chi connectivity index (χ1v) is 9.59. The molecule has 0 spiro atoms. The SMILES string of the molecule is CC(C)CCOc1ccc(Cn2c(O)c(N=NC(N)=S)c3ccccc32)cc1. The van der Waals surface area contributed by atoms with E-state index < -0.39 is 0 Å². The van der Waals surface area contributed by atoms with Gasteiger partial charge in [-0.3, -0.25) is 0 Å². The zero-order chi connectivity index (χ0) is 20.1. The van der Waals surface area contributed by atoms with Gasteiger partial charge < -0.3 is 20.1 Å². The van der Waals surface area contributed by atoms with Gasteiger partial charge in [0, 0.05) is 5.39 Å².